The van der Waals surface area contributed by atoms with Gasteiger partial charge in [-0.15, -0.1) is 0 Å². The summed E-state index contributed by atoms with van der Waals surface area (Å²) in [6, 6.07) is 30.9. The van der Waals surface area contributed by atoms with Crippen LogP contribution in [0.2, 0.25) is 0 Å². The van der Waals surface area contributed by atoms with Gasteiger partial charge in [-0.2, -0.15) is 0 Å². The maximum absolute atomic E-state index is 5.21. The van der Waals surface area contributed by atoms with Crippen LogP contribution in [0.4, 0.5) is 11.4 Å². The third-order valence-corrected chi connectivity index (χ3v) is 9.03. The fourth-order valence-corrected chi connectivity index (χ4v) is 6.43. The summed E-state index contributed by atoms with van der Waals surface area (Å²) < 4.78 is 0. The predicted molar refractivity (Wildman–Crippen MR) is 204 cm³/mol. The summed E-state index contributed by atoms with van der Waals surface area (Å²) in [7, 11) is 0. The highest BCUT2D eigenvalue weighted by Crippen LogP contribution is 2.39. The molecule has 0 fully saturated rings. The molecule has 0 heterocycles. The predicted octanol–water partition coefficient (Wildman–Crippen LogP) is 13.3. The highest BCUT2D eigenvalue weighted by molar-refractivity contribution is 6.31. The first-order valence-corrected chi connectivity index (χ1v) is 18.2. The highest BCUT2D eigenvalue weighted by Gasteiger charge is 2.15. The summed E-state index contributed by atoms with van der Waals surface area (Å²) in [6.07, 6.45) is 17.2. The summed E-state index contributed by atoms with van der Waals surface area (Å²) in [5.41, 5.74) is 14.1. The van der Waals surface area contributed by atoms with Crippen LogP contribution in [-0.4, -0.2) is 11.9 Å². The van der Waals surface area contributed by atoms with Crippen molar-refractivity contribution in [3.05, 3.63) is 107 Å². The van der Waals surface area contributed by atoms with Crippen LogP contribution in [0.15, 0.2) is 94.9 Å². The largest absolute Gasteiger partial charge is 0.255 e. The molecule has 0 atom stereocenters. The van der Waals surface area contributed by atoms with E-state index in [4.69, 9.17) is 9.98 Å². The van der Waals surface area contributed by atoms with E-state index < -0.39 is 0 Å². The van der Waals surface area contributed by atoms with Crippen molar-refractivity contribution in [2.24, 2.45) is 9.98 Å². The molecule has 242 valence electrons. The van der Waals surface area contributed by atoms with Gasteiger partial charge < -0.3 is 0 Å². The molecule has 0 saturated carbocycles. The molecule has 0 saturated heterocycles. The van der Waals surface area contributed by atoms with Gasteiger partial charge in [-0.25, -0.2) is 0 Å². The monoisotopic (exact) mass is 612 g/mol. The topological polar surface area (TPSA) is 24.7 Å². The zero-order chi connectivity index (χ0) is 32.6. The van der Waals surface area contributed by atoms with Gasteiger partial charge in [0.1, 0.15) is 0 Å². The molecule has 0 aliphatic carbocycles. The molecule has 46 heavy (non-hydrogen) atoms. The minimum absolute atomic E-state index is 0.838. The molecule has 0 aliphatic heterocycles. The van der Waals surface area contributed by atoms with Gasteiger partial charge in [-0.1, -0.05) is 127 Å². The van der Waals surface area contributed by atoms with E-state index in [1.165, 1.54) is 83.9 Å². The molecule has 4 aromatic rings. The van der Waals surface area contributed by atoms with E-state index in [2.05, 4.69) is 120 Å². The Morgan fingerprint density at radius 1 is 0.565 bits per heavy atom. The quantitative estimate of drug-likeness (QED) is 0.0789. The number of unbranched alkanes of at least 4 members (excludes halogenated alkanes) is 5. The maximum Gasteiger partial charge on any atom is 0.0639 e. The number of benzene rings is 4. The first-order valence-electron chi connectivity index (χ1n) is 18.2. The van der Waals surface area contributed by atoms with E-state index in [0.29, 0.717) is 0 Å². The number of hydrogen-bond donors (Lipinski definition) is 0. The second-order valence-corrected chi connectivity index (χ2v) is 12.6. The molecule has 2 heteroatoms. The van der Waals surface area contributed by atoms with Crippen LogP contribution in [0.1, 0.15) is 115 Å². The van der Waals surface area contributed by atoms with Crippen molar-refractivity contribution < 1.29 is 0 Å². The smallest absolute Gasteiger partial charge is 0.0639 e. The first-order chi connectivity index (χ1) is 22.6. The van der Waals surface area contributed by atoms with Crippen LogP contribution in [0, 0.1) is 0 Å². The Kier molecular flexibility index (Phi) is 14.5. The SMILES string of the molecule is CCCCCCc1cc(N=C(C=Nc2cc(CCCC)c(-c3ccccc3)c(-c3ccccc3)c2)CC)cc(CC)c1CCCC. The zero-order valence-electron chi connectivity index (χ0n) is 29.2. The van der Waals surface area contributed by atoms with Crippen molar-refractivity contribution >= 4 is 23.3 Å². The van der Waals surface area contributed by atoms with E-state index in [-0.39, 0.29) is 0 Å². The fraction of sp³-hybridized carbons (Fsp3) is 0.409. The van der Waals surface area contributed by atoms with Gasteiger partial charge in [0.2, 0.25) is 0 Å². The van der Waals surface area contributed by atoms with Crippen LogP contribution in [-0.2, 0) is 25.7 Å². The van der Waals surface area contributed by atoms with E-state index in [1.54, 1.807) is 5.56 Å². The molecule has 0 aliphatic rings. The molecule has 0 unspecified atom stereocenters. The van der Waals surface area contributed by atoms with Crippen LogP contribution < -0.4 is 0 Å². The van der Waals surface area contributed by atoms with Gasteiger partial charge in [0.05, 0.1) is 17.1 Å². The second kappa shape index (κ2) is 19.0. The lowest BCUT2D eigenvalue weighted by atomic mass is 9.88. The lowest BCUT2D eigenvalue weighted by Gasteiger charge is -2.17. The molecule has 0 aromatic heterocycles. The summed E-state index contributed by atoms with van der Waals surface area (Å²) in [5, 5.41) is 0. The molecule has 0 N–H and O–H groups in total. The molecule has 4 rings (SSSR count). The second-order valence-electron chi connectivity index (χ2n) is 12.6. The molecule has 0 radical (unpaired) electrons. The van der Waals surface area contributed by atoms with Crippen LogP contribution >= 0.6 is 0 Å². The van der Waals surface area contributed by atoms with Crippen molar-refractivity contribution in [3.63, 3.8) is 0 Å². The Hall–Kier alpha value is -3.78. The number of aliphatic imine (C=N–C) groups is 2. The van der Waals surface area contributed by atoms with E-state index >= 15 is 0 Å². The van der Waals surface area contributed by atoms with Gasteiger partial charge in [0.15, 0.2) is 0 Å². The lowest BCUT2D eigenvalue weighted by molar-refractivity contribution is 0.661. The van der Waals surface area contributed by atoms with E-state index in [1.807, 2.05) is 6.21 Å². The molecular weight excluding hydrogens is 556 g/mol. The van der Waals surface area contributed by atoms with Crippen molar-refractivity contribution in [1.29, 1.82) is 0 Å². The Bertz CT molecular complexity index is 1550. The van der Waals surface area contributed by atoms with Gasteiger partial charge >= 0.3 is 0 Å². The Morgan fingerprint density at radius 3 is 1.83 bits per heavy atom. The molecule has 0 spiro atoms. The zero-order valence-corrected chi connectivity index (χ0v) is 29.2. The number of aryl methyl sites for hydroxylation is 3. The van der Waals surface area contributed by atoms with Gasteiger partial charge in [0, 0.05) is 6.21 Å². The molecular formula is C44H56N2. The standard InChI is InChI=1S/C44H56N2/c1-6-11-14-17-27-37-30-41(29-34(9-4)42(37)28-13-8-3)46-39(10-5)33-45-40-31-38(22-12-7-2)44(36-25-20-16-21-26-36)43(32-40)35-23-18-15-19-24-35/h15-16,18-21,23-26,29-33H,6-14,17,22,27-28H2,1-5H3. The Morgan fingerprint density at radius 2 is 1.17 bits per heavy atom. The highest BCUT2D eigenvalue weighted by atomic mass is 14.8. The van der Waals surface area contributed by atoms with Crippen molar-refractivity contribution in [2.75, 3.05) is 0 Å². The Labute approximate surface area is 280 Å². The third-order valence-electron chi connectivity index (χ3n) is 9.03. The number of hydrogen-bond acceptors (Lipinski definition) is 2. The average molecular weight is 613 g/mol. The summed E-state index contributed by atoms with van der Waals surface area (Å²) in [5.74, 6) is 0. The summed E-state index contributed by atoms with van der Waals surface area (Å²) in [6.45, 7) is 11.3. The van der Waals surface area contributed by atoms with Gasteiger partial charge in [-0.3, -0.25) is 9.98 Å². The van der Waals surface area contributed by atoms with Crippen molar-refractivity contribution in [3.8, 4) is 22.3 Å². The Balaban J connectivity index is 1.75. The number of rotatable bonds is 18. The molecule has 2 nitrogen and oxygen atoms in total. The minimum Gasteiger partial charge on any atom is -0.255 e. The van der Waals surface area contributed by atoms with Gasteiger partial charge in [-0.05, 0) is 120 Å². The van der Waals surface area contributed by atoms with E-state index in [9.17, 15) is 0 Å². The minimum atomic E-state index is 0.838. The lowest BCUT2D eigenvalue weighted by Crippen LogP contribution is -2.02. The summed E-state index contributed by atoms with van der Waals surface area (Å²) >= 11 is 0. The fourth-order valence-electron chi connectivity index (χ4n) is 6.43. The molecule has 4 aromatic carbocycles. The molecule has 0 amide bonds. The third kappa shape index (κ3) is 9.86. The molecule has 0 bridgehead atoms. The van der Waals surface area contributed by atoms with Gasteiger partial charge in [0.25, 0.3) is 0 Å². The van der Waals surface area contributed by atoms with Crippen LogP contribution in [0.25, 0.3) is 22.3 Å². The first kappa shape index (κ1) is 35.1. The van der Waals surface area contributed by atoms with Crippen molar-refractivity contribution in [1.82, 2.24) is 0 Å². The normalized spacial score (nSPS) is 11.9. The van der Waals surface area contributed by atoms with Crippen molar-refractivity contribution in [2.45, 2.75) is 118 Å². The van der Waals surface area contributed by atoms with Crippen LogP contribution in [0.5, 0.6) is 0 Å². The maximum atomic E-state index is 5.21. The summed E-state index contributed by atoms with van der Waals surface area (Å²) in [4.78, 5) is 10.3. The van der Waals surface area contributed by atoms with E-state index in [0.717, 1.165) is 55.6 Å². The average Bonchev–Trinajstić information content (AvgIpc) is 3.10. The number of nitrogens with zero attached hydrogens (tertiary/aromatic N) is 2. The van der Waals surface area contributed by atoms with Crippen LogP contribution in [0.3, 0.4) is 0 Å².